The van der Waals surface area contributed by atoms with Gasteiger partial charge in [-0.05, 0) is 47.7 Å². The number of hydrogen-bond acceptors (Lipinski definition) is 5. The molecule has 3 N–H and O–H groups in total. The van der Waals surface area contributed by atoms with E-state index in [1.807, 2.05) is 13.8 Å². The largest absolute Gasteiger partial charge is 0.491 e. The maximum Gasteiger partial charge on any atom is 0.325 e. The van der Waals surface area contributed by atoms with Gasteiger partial charge in [-0.25, -0.2) is 14.1 Å². The second-order valence-corrected chi connectivity index (χ2v) is 8.97. The molecule has 1 saturated heterocycles. The number of carbonyl (C=O) groups is 3. The minimum atomic E-state index is -1.18. The number of anilines is 1. The number of imide groups is 1. The van der Waals surface area contributed by atoms with E-state index >= 15 is 0 Å². The highest BCUT2D eigenvalue weighted by molar-refractivity contribution is 6.09. The van der Waals surface area contributed by atoms with Crippen molar-refractivity contribution in [2.24, 2.45) is 5.41 Å². The van der Waals surface area contributed by atoms with Crippen molar-refractivity contribution in [3.63, 3.8) is 0 Å². The Morgan fingerprint density at radius 3 is 2.34 bits per heavy atom. The van der Waals surface area contributed by atoms with E-state index in [1.165, 1.54) is 12.1 Å². The number of amides is 4. The van der Waals surface area contributed by atoms with Crippen LogP contribution in [0.4, 0.5) is 14.9 Å². The highest BCUT2D eigenvalue weighted by atomic mass is 19.1. The molecule has 35 heavy (non-hydrogen) atoms. The van der Waals surface area contributed by atoms with E-state index in [9.17, 15) is 18.8 Å². The molecule has 0 saturated carbocycles. The first-order chi connectivity index (χ1) is 16.5. The van der Waals surface area contributed by atoms with Crippen molar-refractivity contribution in [3.05, 3.63) is 59.4 Å². The summed E-state index contributed by atoms with van der Waals surface area (Å²) in [7, 11) is 0. The third-order valence-corrected chi connectivity index (χ3v) is 5.25. The van der Waals surface area contributed by atoms with Crippen LogP contribution in [0.2, 0.25) is 0 Å². The van der Waals surface area contributed by atoms with Crippen LogP contribution in [0.3, 0.4) is 0 Å². The SMILES string of the molecule is CC.Cc1ccc(NC(=O)C(N2C(=O)N[C@H](c3ccc(OCCO)cc3)C2=O)C(C)(C)C)c(F)c1. The first-order valence-corrected chi connectivity index (χ1v) is 11.6. The third-order valence-electron chi connectivity index (χ3n) is 5.25. The molecule has 8 nitrogen and oxygen atoms in total. The number of nitrogens with one attached hydrogen (secondary N) is 2. The number of aliphatic hydroxyl groups excluding tert-OH is 1. The number of aryl methyl sites for hydroxylation is 1. The number of hydrogen-bond donors (Lipinski definition) is 3. The normalized spacial score (nSPS) is 16.2. The lowest BCUT2D eigenvalue weighted by atomic mass is 9.84. The molecule has 0 aromatic heterocycles. The summed E-state index contributed by atoms with van der Waals surface area (Å²) in [5, 5.41) is 14.0. The zero-order valence-electron chi connectivity index (χ0n) is 21.0. The second kappa shape index (κ2) is 11.8. The summed E-state index contributed by atoms with van der Waals surface area (Å²) in [6.45, 7) is 10.9. The summed E-state index contributed by atoms with van der Waals surface area (Å²) in [6.07, 6.45) is 0. The fourth-order valence-corrected chi connectivity index (χ4v) is 3.70. The first-order valence-electron chi connectivity index (χ1n) is 11.6. The Labute approximate surface area is 205 Å². The molecular weight excluding hydrogens is 453 g/mol. The lowest BCUT2D eigenvalue weighted by Crippen LogP contribution is -2.54. The van der Waals surface area contributed by atoms with Crippen LogP contribution < -0.4 is 15.4 Å². The predicted molar refractivity (Wildman–Crippen MR) is 131 cm³/mol. The van der Waals surface area contributed by atoms with E-state index in [-0.39, 0.29) is 18.9 Å². The molecule has 0 aliphatic carbocycles. The van der Waals surface area contributed by atoms with Crippen LogP contribution in [0.15, 0.2) is 42.5 Å². The fraction of sp³-hybridized carbons (Fsp3) is 0.423. The molecule has 9 heteroatoms. The quantitative estimate of drug-likeness (QED) is 0.508. The third kappa shape index (κ3) is 6.57. The lowest BCUT2D eigenvalue weighted by Gasteiger charge is -2.34. The Bertz CT molecular complexity index is 1050. The van der Waals surface area contributed by atoms with E-state index in [4.69, 9.17) is 9.84 Å². The minimum Gasteiger partial charge on any atom is -0.491 e. The van der Waals surface area contributed by atoms with Gasteiger partial charge in [-0.2, -0.15) is 0 Å². The number of aliphatic hydroxyl groups is 1. The van der Waals surface area contributed by atoms with E-state index < -0.39 is 41.2 Å². The van der Waals surface area contributed by atoms with Gasteiger partial charge in [-0.15, -0.1) is 0 Å². The van der Waals surface area contributed by atoms with Gasteiger partial charge >= 0.3 is 6.03 Å². The van der Waals surface area contributed by atoms with Crippen molar-refractivity contribution in [2.45, 2.75) is 53.6 Å². The summed E-state index contributed by atoms with van der Waals surface area (Å²) >= 11 is 0. The number of carbonyl (C=O) groups excluding carboxylic acids is 3. The fourth-order valence-electron chi connectivity index (χ4n) is 3.70. The van der Waals surface area contributed by atoms with Gasteiger partial charge in [-0.1, -0.05) is 52.8 Å². The van der Waals surface area contributed by atoms with Crippen molar-refractivity contribution in [1.82, 2.24) is 10.2 Å². The van der Waals surface area contributed by atoms with Crippen molar-refractivity contribution in [1.29, 1.82) is 0 Å². The molecule has 2 aromatic carbocycles. The highest BCUT2D eigenvalue weighted by Crippen LogP contribution is 2.32. The molecule has 190 valence electrons. The standard InChI is InChI=1S/C24H28FN3O5.C2H6/c1-14-5-10-18(17(25)13-14)26-21(30)20(24(2,3)4)28-22(31)19(27-23(28)32)15-6-8-16(9-7-15)33-12-11-29;1-2/h5-10,13,19-20,29H,11-12H2,1-4H3,(H,26,30)(H,27,32);1-2H3/t19-,20?;/m1./s1. The Kier molecular flexibility index (Phi) is 9.36. The number of ether oxygens (including phenoxy) is 1. The van der Waals surface area contributed by atoms with E-state index in [2.05, 4.69) is 10.6 Å². The summed E-state index contributed by atoms with van der Waals surface area (Å²) < 4.78 is 19.6. The monoisotopic (exact) mass is 487 g/mol. The van der Waals surface area contributed by atoms with Crippen LogP contribution in [-0.2, 0) is 9.59 Å². The molecule has 2 aromatic rings. The topological polar surface area (TPSA) is 108 Å². The minimum absolute atomic E-state index is 0.0260. The lowest BCUT2D eigenvalue weighted by molar-refractivity contribution is -0.137. The van der Waals surface area contributed by atoms with Gasteiger partial charge in [0.1, 0.15) is 30.3 Å². The highest BCUT2D eigenvalue weighted by Gasteiger charge is 2.49. The molecule has 1 aliphatic heterocycles. The molecule has 0 spiro atoms. The van der Waals surface area contributed by atoms with Crippen LogP contribution in [0.25, 0.3) is 0 Å². The molecule has 1 aliphatic rings. The van der Waals surface area contributed by atoms with Gasteiger partial charge < -0.3 is 20.5 Å². The van der Waals surface area contributed by atoms with Crippen molar-refractivity contribution in [2.75, 3.05) is 18.5 Å². The van der Waals surface area contributed by atoms with Crippen LogP contribution in [0.5, 0.6) is 5.75 Å². The predicted octanol–water partition coefficient (Wildman–Crippen LogP) is 4.18. The van der Waals surface area contributed by atoms with Gasteiger partial charge in [0.15, 0.2) is 0 Å². The first kappa shape index (κ1) is 27.8. The summed E-state index contributed by atoms with van der Waals surface area (Å²) in [5.41, 5.74) is 0.365. The zero-order chi connectivity index (χ0) is 26.3. The average Bonchev–Trinajstić information content (AvgIpc) is 3.09. The molecule has 2 atom stereocenters. The maximum atomic E-state index is 14.3. The number of halogens is 1. The van der Waals surface area contributed by atoms with Crippen molar-refractivity contribution in [3.8, 4) is 5.75 Å². The summed E-state index contributed by atoms with van der Waals surface area (Å²) in [5.74, 6) is -1.34. The Morgan fingerprint density at radius 1 is 1.17 bits per heavy atom. The van der Waals surface area contributed by atoms with Crippen LogP contribution >= 0.6 is 0 Å². The summed E-state index contributed by atoms with van der Waals surface area (Å²) in [6, 6.07) is 8.05. The zero-order valence-corrected chi connectivity index (χ0v) is 21.0. The van der Waals surface area contributed by atoms with Crippen molar-refractivity contribution < 1.29 is 28.6 Å². The Morgan fingerprint density at radius 2 is 1.80 bits per heavy atom. The molecule has 3 rings (SSSR count). The number of benzene rings is 2. The maximum absolute atomic E-state index is 14.3. The second-order valence-electron chi connectivity index (χ2n) is 8.97. The van der Waals surface area contributed by atoms with Crippen LogP contribution in [0.1, 0.15) is 51.8 Å². The Balaban J connectivity index is 0.00000210. The molecule has 0 bridgehead atoms. The van der Waals surface area contributed by atoms with E-state index in [0.29, 0.717) is 16.9 Å². The number of rotatable bonds is 7. The molecule has 0 radical (unpaired) electrons. The van der Waals surface area contributed by atoms with Gasteiger partial charge in [0.05, 0.1) is 12.3 Å². The molecule has 1 heterocycles. The van der Waals surface area contributed by atoms with E-state index in [1.54, 1.807) is 58.0 Å². The molecule has 1 fully saturated rings. The average molecular weight is 488 g/mol. The Hall–Kier alpha value is -3.46. The summed E-state index contributed by atoms with van der Waals surface area (Å²) in [4.78, 5) is 40.2. The van der Waals surface area contributed by atoms with Gasteiger partial charge in [-0.3, -0.25) is 9.59 Å². The smallest absolute Gasteiger partial charge is 0.325 e. The van der Waals surface area contributed by atoms with Gasteiger partial charge in [0, 0.05) is 0 Å². The van der Waals surface area contributed by atoms with Crippen molar-refractivity contribution >= 4 is 23.5 Å². The van der Waals surface area contributed by atoms with E-state index in [0.717, 1.165) is 4.90 Å². The number of urea groups is 1. The molecule has 4 amide bonds. The molecular formula is C26H34FN3O5. The van der Waals surface area contributed by atoms with Crippen LogP contribution in [-0.4, -0.2) is 47.1 Å². The number of nitrogens with zero attached hydrogens (tertiary/aromatic N) is 1. The van der Waals surface area contributed by atoms with Gasteiger partial charge in [0.2, 0.25) is 5.91 Å². The van der Waals surface area contributed by atoms with Crippen LogP contribution in [0, 0.1) is 18.2 Å². The van der Waals surface area contributed by atoms with Gasteiger partial charge in [0.25, 0.3) is 5.91 Å². The molecule has 1 unspecified atom stereocenters.